The summed E-state index contributed by atoms with van der Waals surface area (Å²) < 4.78 is 0. The van der Waals surface area contributed by atoms with Crippen molar-refractivity contribution in [1.29, 1.82) is 0 Å². The highest BCUT2D eigenvalue weighted by Crippen LogP contribution is 2.18. The van der Waals surface area contributed by atoms with Gasteiger partial charge in [-0.15, -0.1) is 0 Å². The Balaban J connectivity index is 1.78. The molecule has 0 heterocycles. The van der Waals surface area contributed by atoms with E-state index in [0.717, 1.165) is 30.9 Å². The molecule has 0 radical (unpaired) electrons. The molecule has 2 aromatic carbocycles. The van der Waals surface area contributed by atoms with Gasteiger partial charge in [-0.1, -0.05) is 24.3 Å². The van der Waals surface area contributed by atoms with Gasteiger partial charge < -0.3 is 16.0 Å². The van der Waals surface area contributed by atoms with Gasteiger partial charge in [-0.25, -0.2) is 0 Å². The highest BCUT2D eigenvalue weighted by molar-refractivity contribution is 5.59. The monoisotopic (exact) mass is 269 g/mol. The largest absolute Gasteiger partial charge is 0.399 e. The molecule has 20 heavy (non-hydrogen) atoms. The quantitative estimate of drug-likeness (QED) is 0.623. The molecule has 0 aromatic heterocycles. The first-order valence-corrected chi connectivity index (χ1v) is 7.03. The molecule has 0 aliphatic heterocycles. The van der Waals surface area contributed by atoms with Crippen LogP contribution >= 0.6 is 0 Å². The fraction of sp³-hybridized carbons (Fsp3) is 0.294. The zero-order valence-corrected chi connectivity index (χ0v) is 12.3. The first-order valence-electron chi connectivity index (χ1n) is 7.03. The topological polar surface area (TPSA) is 41.3 Å². The Morgan fingerprint density at radius 1 is 1.10 bits per heavy atom. The van der Waals surface area contributed by atoms with E-state index >= 15 is 0 Å². The number of anilines is 3. The number of hydrogen-bond acceptors (Lipinski definition) is 3. The third kappa shape index (κ3) is 3.92. The van der Waals surface area contributed by atoms with Gasteiger partial charge in [-0.05, 0) is 43.2 Å². The molecule has 0 amide bonds. The van der Waals surface area contributed by atoms with E-state index in [1.165, 1.54) is 11.3 Å². The summed E-state index contributed by atoms with van der Waals surface area (Å²) in [6.45, 7) is 4.07. The predicted octanol–water partition coefficient (Wildman–Crippen LogP) is 3.52. The molecule has 3 nitrogen and oxygen atoms in total. The van der Waals surface area contributed by atoms with E-state index in [1.807, 2.05) is 24.3 Å². The molecule has 0 saturated carbocycles. The summed E-state index contributed by atoms with van der Waals surface area (Å²) in [4.78, 5) is 2.27. The molecular weight excluding hydrogens is 246 g/mol. The maximum Gasteiger partial charge on any atom is 0.0390 e. The fourth-order valence-electron chi connectivity index (χ4n) is 2.18. The SMILES string of the molecule is Cc1ccc(N)cc1NCCCN(C)c1ccccc1. The number of nitrogens with one attached hydrogen (secondary N) is 1. The number of benzene rings is 2. The molecule has 0 spiro atoms. The molecule has 2 aromatic rings. The maximum atomic E-state index is 5.81. The second-order valence-electron chi connectivity index (χ2n) is 5.11. The van der Waals surface area contributed by atoms with Crippen molar-refractivity contribution in [3.05, 3.63) is 54.1 Å². The van der Waals surface area contributed by atoms with E-state index in [9.17, 15) is 0 Å². The zero-order chi connectivity index (χ0) is 14.4. The van der Waals surface area contributed by atoms with Crippen LogP contribution in [0.5, 0.6) is 0 Å². The van der Waals surface area contributed by atoms with Gasteiger partial charge in [0, 0.05) is 37.2 Å². The fourth-order valence-corrected chi connectivity index (χ4v) is 2.18. The van der Waals surface area contributed by atoms with Crippen molar-refractivity contribution in [3.63, 3.8) is 0 Å². The van der Waals surface area contributed by atoms with Crippen molar-refractivity contribution >= 4 is 17.1 Å². The molecule has 0 aliphatic carbocycles. The highest BCUT2D eigenvalue weighted by Gasteiger charge is 2.01. The summed E-state index contributed by atoms with van der Waals surface area (Å²) in [5, 5.41) is 3.45. The molecule has 3 N–H and O–H groups in total. The standard InChI is InChI=1S/C17H23N3/c1-14-9-10-15(18)13-17(14)19-11-6-12-20(2)16-7-4-3-5-8-16/h3-5,7-10,13,19H,6,11-12,18H2,1-2H3. The average molecular weight is 269 g/mol. The number of rotatable bonds is 6. The lowest BCUT2D eigenvalue weighted by atomic mass is 10.2. The van der Waals surface area contributed by atoms with Gasteiger partial charge in [0.1, 0.15) is 0 Å². The van der Waals surface area contributed by atoms with Crippen LogP contribution in [0.15, 0.2) is 48.5 Å². The first kappa shape index (κ1) is 14.3. The lowest BCUT2D eigenvalue weighted by Crippen LogP contribution is -2.20. The molecule has 0 aliphatic rings. The third-order valence-corrected chi connectivity index (χ3v) is 3.44. The van der Waals surface area contributed by atoms with Gasteiger partial charge in [0.05, 0.1) is 0 Å². The van der Waals surface area contributed by atoms with Crippen molar-refractivity contribution in [3.8, 4) is 0 Å². The third-order valence-electron chi connectivity index (χ3n) is 3.44. The van der Waals surface area contributed by atoms with Gasteiger partial charge in [0.2, 0.25) is 0 Å². The Morgan fingerprint density at radius 3 is 2.60 bits per heavy atom. The molecule has 0 unspecified atom stereocenters. The van der Waals surface area contributed by atoms with Crippen molar-refractivity contribution in [2.24, 2.45) is 0 Å². The normalized spacial score (nSPS) is 10.3. The van der Waals surface area contributed by atoms with E-state index in [0.29, 0.717) is 0 Å². The van der Waals surface area contributed by atoms with Crippen LogP contribution in [-0.2, 0) is 0 Å². The number of nitrogens with zero attached hydrogens (tertiary/aromatic N) is 1. The number of nitrogen functional groups attached to an aromatic ring is 1. The minimum absolute atomic E-state index is 0.805. The van der Waals surface area contributed by atoms with E-state index in [4.69, 9.17) is 5.73 Å². The first-order chi connectivity index (χ1) is 9.66. The molecule has 0 atom stereocenters. The van der Waals surface area contributed by atoms with Crippen LogP contribution in [0.3, 0.4) is 0 Å². The molecule has 3 heteroatoms. The zero-order valence-electron chi connectivity index (χ0n) is 12.3. The summed E-state index contributed by atoms with van der Waals surface area (Å²) in [5.74, 6) is 0. The van der Waals surface area contributed by atoms with Crippen LogP contribution in [0.25, 0.3) is 0 Å². The predicted molar refractivity (Wildman–Crippen MR) is 88.4 cm³/mol. The van der Waals surface area contributed by atoms with Crippen molar-refractivity contribution < 1.29 is 0 Å². The maximum absolute atomic E-state index is 5.81. The summed E-state index contributed by atoms with van der Waals surface area (Å²) in [5.41, 5.74) is 10.2. The molecule has 0 bridgehead atoms. The Morgan fingerprint density at radius 2 is 1.85 bits per heavy atom. The number of hydrogen-bond donors (Lipinski definition) is 2. The average Bonchev–Trinajstić information content (AvgIpc) is 2.47. The van der Waals surface area contributed by atoms with Gasteiger partial charge in [0.25, 0.3) is 0 Å². The van der Waals surface area contributed by atoms with E-state index in [2.05, 4.69) is 48.5 Å². The van der Waals surface area contributed by atoms with Gasteiger partial charge >= 0.3 is 0 Å². The van der Waals surface area contributed by atoms with Crippen LogP contribution in [0.2, 0.25) is 0 Å². The smallest absolute Gasteiger partial charge is 0.0390 e. The van der Waals surface area contributed by atoms with Crippen molar-refractivity contribution in [1.82, 2.24) is 0 Å². The summed E-state index contributed by atoms with van der Waals surface area (Å²) >= 11 is 0. The second-order valence-corrected chi connectivity index (χ2v) is 5.11. The molecule has 106 valence electrons. The van der Waals surface area contributed by atoms with Crippen LogP contribution < -0.4 is 16.0 Å². The Labute approximate surface area is 121 Å². The van der Waals surface area contributed by atoms with Crippen LogP contribution in [0.4, 0.5) is 17.1 Å². The number of para-hydroxylation sites is 1. The molecule has 0 fully saturated rings. The number of aryl methyl sites for hydroxylation is 1. The minimum Gasteiger partial charge on any atom is -0.399 e. The van der Waals surface area contributed by atoms with Crippen LogP contribution in [0, 0.1) is 6.92 Å². The Bertz CT molecular complexity index is 537. The lowest BCUT2D eigenvalue weighted by molar-refractivity contribution is 0.816. The van der Waals surface area contributed by atoms with Gasteiger partial charge in [-0.2, -0.15) is 0 Å². The van der Waals surface area contributed by atoms with E-state index in [1.54, 1.807) is 0 Å². The van der Waals surface area contributed by atoms with Crippen LogP contribution in [0.1, 0.15) is 12.0 Å². The molecule has 0 saturated heterocycles. The van der Waals surface area contributed by atoms with Crippen molar-refractivity contribution in [2.75, 3.05) is 36.1 Å². The molecular formula is C17H23N3. The minimum atomic E-state index is 0.805. The summed E-state index contributed by atoms with van der Waals surface area (Å²) in [6, 6.07) is 16.4. The molecule has 2 rings (SSSR count). The van der Waals surface area contributed by atoms with E-state index < -0.39 is 0 Å². The van der Waals surface area contributed by atoms with Gasteiger partial charge in [-0.3, -0.25) is 0 Å². The lowest BCUT2D eigenvalue weighted by Gasteiger charge is -2.19. The van der Waals surface area contributed by atoms with Gasteiger partial charge in [0.15, 0.2) is 0 Å². The summed E-state index contributed by atoms with van der Waals surface area (Å²) in [7, 11) is 2.13. The summed E-state index contributed by atoms with van der Waals surface area (Å²) in [6.07, 6.45) is 1.08. The highest BCUT2D eigenvalue weighted by atomic mass is 15.1. The Kier molecular flexibility index (Phi) is 4.88. The van der Waals surface area contributed by atoms with Crippen molar-refractivity contribution in [2.45, 2.75) is 13.3 Å². The number of nitrogens with two attached hydrogens (primary N) is 1. The van der Waals surface area contributed by atoms with E-state index in [-0.39, 0.29) is 0 Å². The van der Waals surface area contributed by atoms with Crippen LogP contribution in [-0.4, -0.2) is 20.1 Å². The second kappa shape index (κ2) is 6.85. The Hall–Kier alpha value is -2.16.